The minimum atomic E-state index is -0.938. The maximum Gasteiger partial charge on any atom is 0.279 e. The van der Waals surface area contributed by atoms with Crippen LogP contribution in [-0.2, 0) is 5.79 Å². The molecule has 0 radical (unpaired) electrons. The van der Waals surface area contributed by atoms with Gasteiger partial charge in [-0.1, -0.05) is 23.7 Å². The summed E-state index contributed by atoms with van der Waals surface area (Å²) in [6.07, 6.45) is 3.87. The molecule has 2 aliphatic rings. The Morgan fingerprint density at radius 2 is 1.89 bits per heavy atom. The van der Waals surface area contributed by atoms with E-state index in [4.69, 9.17) is 25.5 Å². The molecule has 0 amide bonds. The smallest absolute Gasteiger partial charge is 0.279 e. The van der Waals surface area contributed by atoms with E-state index in [-0.39, 0.29) is 12.4 Å². The molecule has 142 valence electrons. The fourth-order valence-electron chi connectivity index (χ4n) is 4.10. The number of hydrogen-bond donors (Lipinski definition) is 1. The van der Waals surface area contributed by atoms with Gasteiger partial charge < -0.3 is 19.2 Å². The predicted octanol–water partition coefficient (Wildman–Crippen LogP) is 5.62. The number of halogens is 2. The highest BCUT2D eigenvalue weighted by Crippen LogP contribution is 2.50. The van der Waals surface area contributed by atoms with E-state index in [0.29, 0.717) is 16.5 Å². The third-order valence-electron chi connectivity index (χ3n) is 5.44. The molecule has 1 saturated heterocycles. The van der Waals surface area contributed by atoms with Gasteiger partial charge >= 0.3 is 0 Å². The molecule has 0 saturated carbocycles. The topological polar surface area (TPSA) is 43.6 Å². The van der Waals surface area contributed by atoms with Crippen LogP contribution >= 0.6 is 24.0 Å². The van der Waals surface area contributed by atoms with Gasteiger partial charge in [-0.15, -0.1) is 12.4 Å². The Bertz CT molecular complexity index is 981. The molecule has 1 atom stereocenters. The quantitative estimate of drug-likeness (QED) is 0.600. The van der Waals surface area contributed by atoms with Crippen LogP contribution in [0.2, 0.25) is 5.02 Å². The predicted molar refractivity (Wildman–Crippen MR) is 108 cm³/mol. The van der Waals surface area contributed by atoms with Crippen LogP contribution in [0.15, 0.2) is 47.1 Å². The normalized spacial score (nSPS) is 22.0. The van der Waals surface area contributed by atoms with Gasteiger partial charge in [0, 0.05) is 17.9 Å². The van der Waals surface area contributed by atoms with Crippen molar-refractivity contribution >= 4 is 35.0 Å². The fourth-order valence-corrected chi connectivity index (χ4v) is 4.31. The molecule has 3 heterocycles. The third kappa shape index (κ3) is 2.96. The van der Waals surface area contributed by atoms with Gasteiger partial charge in [0.2, 0.25) is 0 Å². The molecule has 1 unspecified atom stereocenters. The minimum absolute atomic E-state index is 0. The minimum Gasteiger partial charge on any atom is -0.464 e. The molecule has 1 N–H and O–H groups in total. The van der Waals surface area contributed by atoms with Crippen molar-refractivity contribution in [2.45, 2.75) is 31.5 Å². The van der Waals surface area contributed by atoms with E-state index >= 15 is 0 Å². The Balaban J connectivity index is 0.00000180. The summed E-state index contributed by atoms with van der Waals surface area (Å²) >= 11 is 6.29. The molecule has 6 heteroatoms. The van der Waals surface area contributed by atoms with Crippen molar-refractivity contribution in [2.75, 3.05) is 13.1 Å². The molecule has 4 nitrogen and oxygen atoms in total. The second kappa shape index (κ2) is 6.93. The maximum absolute atomic E-state index is 6.44. The van der Waals surface area contributed by atoms with Gasteiger partial charge in [0.05, 0.1) is 16.8 Å². The van der Waals surface area contributed by atoms with Gasteiger partial charge in [-0.2, -0.15) is 0 Å². The summed E-state index contributed by atoms with van der Waals surface area (Å²) in [5, 5.41) is 4.95. The summed E-state index contributed by atoms with van der Waals surface area (Å²) in [7, 11) is 0. The molecular formula is C21H21Cl2NO3. The van der Waals surface area contributed by atoms with Gasteiger partial charge in [0.25, 0.3) is 5.79 Å². The van der Waals surface area contributed by atoms with Crippen molar-refractivity contribution < 1.29 is 13.9 Å². The van der Waals surface area contributed by atoms with E-state index in [1.54, 1.807) is 6.26 Å². The average molecular weight is 406 g/mol. The number of fused-ring (bicyclic) bond motifs is 2. The molecule has 2 aliphatic heterocycles. The van der Waals surface area contributed by atoms with Crippen molar-refractivity contribution in [3.8, 4) is 11.5 Å². The largest absolute Gasteiger partial charge is 0.464 e. The molecule has 0 aliphatic carbocycles. The van der Waals surface area contributed by atoms with Gasteiger partial charge in [-0.05, 0) is 56.1 Å². The first-order chi connectivity index (χ1) is 12.7. The number of benzene rings is 2. The van der Waals surface area contributed by atoms with Crippen molar-refractivity contribution in [1.29, 1.82) is 0 Å². The Labute approximate surface area is 169 Å². The fraction of sp³-hybridized carbons (Fsp3) is 0.333. The second-order valence-electron chi connectivity index (χ2n) is 7.11. The summed E-state index contributed by atoms with van der Waals surface area (Å²) in [4.78, 5) is 0. The second-order valence-corrected chi connectivity index (χ2v) is 7.51. The van der Waals surface area contributed by atoms with Gasteiger partial charge in [-0.3, -0.25) is 0 Å². The molecule has 2 aromatic carbocycles. The third-order valence-corrected chi connectivity index (χ3v) is 5.77. The van der Waals surface area contributed by atoms with Crippen molar-refractivity contribution in [2.24, 2.45) is 0 Å². The average Bonchev–Trinajstić information content (AvgIpc) is 3.27. The Kier molecular flexibility index (Phi) is 4.75. The summed E-state index contributed by atoms with van der Waals surface area (Å²) in [6, 6.07) is 11.8. The van der Waals surface area contributed by atoms with E-state index in [1.807, 2.05) is 31.2 Å². The van der Waals surface area contributed by atoms with E-state index in [9.17, 15) is 0 Å². The van der Waals surface area contributed by atoms with Crippen molar-refractivity contribution in [1.82, 2.24) is 5.32 Å². The van der Waals surface area contributed by atoms with Gasteiger partial charge in [-0.25, -0.2) is 0 Å². The highest BCUT2D eigenvalue weighted by atomic mass is 35.5. The lowest BCUT2D eigenvalue weighted by atomic mass is 9.89. The molecule has 0 bridgehead atoms. The van der Waals surface area contributed by atoms with Crippen LogP contribution < -0.4 is 14.8 Å². The Morgan fingerprint density at radius 3 is 2.70 bits per heavy atom. The maximum atomic E-state index is 6.44. The lowest BCUT2D eigenvalue weighted by Gasteiger charge is -2.26. The number of para-hydroxylation sites is 1. The molecule has 3 aromatic rings. The zero-order valence-corrected chi connectivity index (χ0v) is 16.5. The Morgan fingerprint density at radius 1 is 1.07 bits per heavy atom. The summed E-state index contributed by atoms with van der Waals surface area (Å²) < 4.78 is 18.4. The van der Waals surface area contributed by atoms with Crippen LogP contribution in [0.1, 0.15) is 36.8 Å². The summed E-state index contributed by atoms with van der Waals surface area (Å²) in [5.41, 5.74) is 2.78. The number of piperidine rings is 1. The van der Waals surface area contributed by atoms with E-state index in [2.05, 4.69) is 17.4 Å². The molecule has 5 rings (SSSR count). The van der Waals surface area contributed by atoms with Gasteiger partial charge in [0.1, 0.15) is 5.58 Å². The lowest BCUT2D eigenvalue weighted by Crippen LogP contribution is -2.32. The number of hydrogen-bond acceptors (Lipinski definition) is 4. The SMILES string of the molecule is CC1(c2ccc(Cl)c3ccoc23)Oc2cccc(C3CCNCC3)c2O1.Cl. The zero-order valence-electron chi connectivity index (χ0n) is 15.0. The van der Waals surface area contributed by atoms with Crippen LogP contribution in [0.3, 0.4) is 0 Å². The number of ether oxygens (including phenoxy) is 2. The van der Waals surface area contributed by atoms with Crippen LogP contribution in [0, 0.1) is 0 Å². The standard InChI is InChI=1S/C21H20ClNO3.ClH/c1-21(16-5-6-17(22)15-9-12-24-19(15)16)25-18-4-2-3-14(20(18)26-21)13-7-10-23-11-8-13;/h2-6,9,12-13,23H,7-8,10-11H2,1H3;1H. The highest BCUT2D eigenvalue weighted by molar-refractivity contribution is 6.35. The van der Waals surface area contributed by atoms with E-state index in [0.717, 1.165) is 48.4 Å². The number of rotatable bonds is 2. The highest BCUT2D eigenvalue weighted by Gasteiger charge is 2.42. The first-order valence-electron chi connectivity index (χ1n) is 9.03. The first-order valence-corrected chi connectivity index (χ1v) is 9.41. The first kappa shape index (κ1) is 18.5. The van der Waals surface area contributed by atoms with Gasteiger partial charge in [0.15, 0.2) is 11.5 Å². The van der Waals surface area contributed by atoms with E-state index < -0.39 is 5.79 Å². The zero-order chi connectivity index (χ0) is 17.7. The Hall–Kier alpha value is -1.88. The summed E-state index contributed by atoms with van der Waals surface area (Å²) in [5.74, 6) is 1.20. The van der Waals surface area contributed by atoms with Crippen LogP contribution in [0.25, 0.3) is 11.0 Å². The number of furan rings is 1. The molecule has 1 fully saturated rings. The monoisotopic (exact) mass is 405 g/mol. The summed E-state index contributed by atoms with van der Waals surface area (Å²) in [6.45, 7) is 4.01. The van der Waals surface area contributed by atoms with Crippen molar-refractivity contribution in [3.63, 3.8) is 0 Å². The number of nitrogens with one attached hydrogen (secondary N) is 1. The molecule has 0 spiro atoms. The van der Waals surface area contributed by atoms with Crippen LogP contribution in [0.5, 0.6) is 11.5 Å². The van der Waals surface area contributed by atoms with E-state index in [1.165, 1.54) is 5.56 Å². The van der Waals surface area contributed by atoms with Crippen LogP contribution in [0.4, 0.5) is 0 Å². The molecule has 1 aromatic heterocycles. The molecule has 27 heavy (non-hydrogen) atoms. The van der Waals surface area contributed by atoms with Crippen LogP contribution in [-0.4, -0.2) is 13.1 Å². The lowest BCUT2D eigenvalue weighted by molar-refractivity contribution is -0.0678. The van der Waals surface area contributed by atoms with Crippen molar-refractivity contribution in [3.05, 3.63) is 58.8 Å². The molecular weight excluding hydrogens is 385 g/mol.